The second-order valence-electron chi connectivity index (χ2n) is 7.37. The summed E-state index contributed by atoms with van der Waals surface area (Å²) in [5.74, 6) is -4.72. The van der Waals surface area contributed by atoms with Crippen molar-refractivity contribution in [3.63, 3.8) is 0 Å². The molecule has 0 saturated carbocycles. The molecular formula is C16H23BrF3NO2S. The molecule has 0 amide bonds. The average Bonchev–Trinajstić information content (AvgIpc) is 2.38. The Morgan fingerprint density at radius 3 is 2.04 bits per heavy atom. The van der Waals surface area contributed by atoms with Crippen LogP contribution in [0.25, 0.3) is 0 Å². The molecule has 0 heterocycles. The lowest BCUT2D eigenvalue weighted by molar-refractivity contribution is -0.206. The van der Waals surface area contributed by atoms with Crippen molar-refractivity contribution in [3.8, 4) is 0 Å². The predicted molar refractivity (Wildman–Crippen MR) is 93.7 cm³/mol. The maximum absolute atomic E-state index is 15.1. The molecule has 3 nitrogen and oxygen atoms in total. The fourth-order valence-electron chi connectivity index (χ4n) is 2.12. The first-order chi connectivity index (χ1) is 10.5. The zero-order chi connectivity index (χ0) is 19.1. The molecule has 24 heavy (non-hydrogen) atoms. The van der Waals surface area contributed by atoms with E-state index in [-0.39, 0.29) is 5.56 Å². The number of rotatable bonds is 5. The summed E-state index contributed by atoms with van der Waals surface area (Å²) in [5.41, 5.74) is -5.27. The highest BCUT2D eigenvalue weighted by Gasteiger charge is 2.62. The summed E-state index contributed by atoms with van der Waals surface area (Å²) in [7, 11) is -1.93. The van der Waals surface area contributed by atoms with Crippen molar-refractivity contribution in [1.82, 2.24) is 4.72 Å². The lowest BCUT2D eigenvalue weighted by Gasteiger charge is -2.45. The summed E-state index contributed by atoms with van der Waals surface area (Å²) in [5, 5.41) is 10.00. The molecule has 0 fully saturated rings. The van der Waals surface area contributed by atoms with Gasteiger partial charge in [-0.25, -0.2) is 22.1 Å². The minimum absolute atomic E-state index is 0.387. The Morgan fingerprint density at radius 1 is 1.12 bits per heavy atom. The van der Waals surface area contributed by atoms with E-state index in [0.717, 1.165) is 26.8 Å². The predicted octanol–water partition coefficient (Wildman–Crippen LogP) is 4.26. The molecular weight excluding hydrogens is 407 g/mol. The monoisotopic (exact) mass is 429 g/mol. The Bertz CT molecular complexity index is 641. The normalized spacial score (nSPS) is 17.5. The number of hydrogen-bond acceptors (Lipinski definition) is 2. The van der Waals surface area contributed by atoms with Crippen molar-refractivity contribution in [2.24, 2.45) is 0 Å². The lowest BCUT2D eigenvalue weighted by Crippen LogP contribution is -2.64. The van der Waals surface area contributed by atoms with Gasteiger partial charge in [-0.15, -0.1) is 0 Å². The molecule has 0 radical (unpaired) electrons. The Balaban J connectivity index is 3.64. The lowest BCUT2D eigenvalue weighted by atomic mass is 9.78. The van der Waals surface area contributed by atoms with E-state index in [1.165, 1.54) is 12.1 Å². The highest BCUT2D eigenvalue weighted by molar-refractivity contribution is 9.10. The van der Waals surface area contributed by atoms with Gasteiger partial charge < -0.3 is 5.11 Å². The molecule has 1 rings (SSSR count). The Morgan fingerprint density at radius 2 is 1.62 bits per heavy atom. The summed E-state index contributed by atoms with van der Waals surface area (Å²) in [6.45, 7) is 7.73. The van der Waals surface area contributed by atoms with Gasteiger partial charge >= 0.3 is 0 Å². The second-order valence-corrected chi connectivity index (χ2v) is 10.2. The molecule has 0 saturated heterocycles. The van der Waals surface area contributed by atoms with Gasteiger partial charge in [-0.2, -0.15) is 0 Å². The van der Waals surface area contributed by atoms with Crippen LogP contribution in [0.1, 0.15) is 47.1 Å². The minimum Gasteiger partial charge on any atom is -0.384 e. The third-order valence-electron chi connectivity index (χ3n) is 3.72. The number of halogens is 4. The van der Waals surface area contributed by atoms with Gasteiger partial charge in [0.15, 0.2) is 0 Å². The molecule has 0 bridgehead atoms. The fraction of sp³-hybridized carbons (Fsp3) is 0.625. The van der Waals surface area contributed by atoms with Gasteiger partial charge in [0, 0.05) is 10.0 Å². The van der Waals surface area contributed by atoms with Crippen LogP contribution < -0.4 is 4.72 Å². The molecule has 0 spiro atoms. The first-order valence-corrected chi connectivity index (χ1v) is 9.24. The molecule has 1 aromatic carbocycles. The van der Waals surface area contributed by atoms with Crippen molar-refractivity contribution in [2.45, 2.75) is 63.4 Å². The van der Waals surface area contributed by atoms with Crippen LogP contribution in [0, 0.1) is 5.82 Å². The molecule has 0 aliphatic carbocycles. The van der Waals surface area contributed by atoms with Crippen LogP contribution in [0.3, 0.4) is 0 Å². The van der Waals surface area contributed by atoms with Crippen LogP contribution in [0.4, 0.5) is 13.2 Å². The van der Waals surface area contributed by atoms with Gasteiger partial charge in [-0.05, 0) is 59.7 Å². The highest BCUT2D eigenvalue weighted by atomic mass is 79.9. The van der Waals surface area contributed by atoms with Gasteiger partial charge in [0.1, 0.15) is 17.0 Å². The van der Waals surface area contributed by atoms with E-state index in [0.29, 0.717) is 4.47 Å². The van der Waals surface area contributed by atoms with Crippen molar-refractivity contribution < 1.29 is 22.5 Å². The van der Waals surface area contributed by atoms with Crippen LogP contribution in [0.5, 0.6) is 0 Å². The number of benzene rings is 1. The van der Waals surface area contributed by atoms with E-state index in [1.54, 1.807) is 20.8 Å². The third-order valence-corrected chi connectivity index (χ3v) is 5.92. The van der Waals surface area contributed by atoms with Crippen LogP contribution >= 0.6 is 15.9 Å². The number of hydrogen-bond donors (Lipinski definition) is 2. The quantitative estimate of drug-likeness (QED) is 0.734. The number of nitrogens with one attached hydrogen (secondary N) is 1. The van der Waals surface area contributed by atoms with Crippen molar-refractivity contribution in [1.29, 1.82) is 0 Å². The minimum atomic E-state index is -3.83. The van der Waals surface area contributed by atoms with E-state index < -0.39 is 38.6 Å². The highest BCUT2D eigenvalue weighted by Crippen LogP contribution is 2.46. The summed E-state index contributed by atoms with van der Waals surface area (Å²) in [6, 6.07) is 3.61. The van der Waals surface area contributed by atoms with Gasteiger partial charge in [0.2, 0.25) is 0 Å². The van der Waals surface area contributed by atoms with Crippen LogP contribution in [-0.4, -0.2) is 25.6 Å². The van der Waals surface area contributed by atoms with Crippen LogP contribution in [0.15, 0.2) is 22.7 Å². The summed E-state index contributed by atoms with van der Waals surface area (Å²) in [4.78, 5) is 0. The third kappa shape index (κ3) is 4.03. The molecule has 1 aromatic rings. The number of alkyl halides is 2. The maximum Gasteiger partial charge on any atom is 0.298 e. The van der Waals surface area contributed by atoms with Gasteiger partial charge in [0.25, 0.3) is 5.92 Å². The van der Waals surface area contributed by atoms with E-state index in [9.17, 15) is 13.7 Å². The Labute approximate surface area is 151 Å². The van der Waals surface area contributed by atoms with Crippen molar-refractivity contribution in [3.05, 3.63) is 34.1 Å². The smallest absolute Gasteiger partial charge is 0.298 e. The molecule has 0 aliphatic heterocycles. The molecule has 138 valence electrons. The SMILES string of the molecule is CC(C)(C)[S@@](=O)N[C@](C)(c1cc(Br)ccc1F)C(F)(F)C(C)(C)O. The summed E-state index contributed by atoms with van der Waals surface area (Å²) >= 11 is 3.13. The zero-order valence-corrected chi connectivity index (χ0v) is 16.9. The Kier molecular flexibility index (Phi) is 6.03. The fourth-order valence-corrected chi connectivity index (χ4v) is 3.40. The van der Waals surface area contributed by atoms with Crippen molar-refractivity contribution in [2.75, 3.05) is 0 Å². The molecule has 0 aromatic heterocycles. The largest absolute Gasteiger partial charge is 0.384 e. The van der Waals surface area contributed by atoms with E-state index >= 15 is 8.78 Å². The van der Waals surface area contributed by atoms with E-state index in [4.69, 9.17) is 0 Å². The van der Waals surface area contributed by atoms with E-state index in [2.05, 4.69) is 20.7 Å². The standard InChI is InChI=1S/C16H23BrF3NO2S/c1-13(2,3)24(23)21-15(6,16(19,20)14(4,5)22)11-9-10(17)7-8-12(11)18/h7-9,21-22H,1-6H3/t15-,24-/m1/s1. The maximum atomic E-state index is 15.1. The van der Waals surface area contributed by atoms with Crippen LogP contribution in [0.2, 0.25) is 0 Å². The summed E-state index contributed by atoms with van der Waals surface area (Å²) < 4.78 is 58.9. The molecule has 0 aliphatic rings. The van der Waals surface area contributed by atoms with Crippen molar-refractivity contribution >= 4 is 26.9 Å². The van der Waals surface area contributed by atoms with Gasteiger partial charge in [-0.1, -0.05) is 15.9 Å². The molecule has 2 atom stereocenters. The first kappa shape index (κ1) is 21.6. The Hall–Kier alpha value is -0.440. The van der Waals surface area contributed by atoms with E-state index in [1.807, 2.05) is 0 Å². The average molecular weight is 430 g/mol. The molecule has 0 unspecified atom stereocenters. The zero-order valence-electron chi connectivity index (χ0n) is 14.5. The van der Waals surface area contributed by atoms with Gasteiger partial charge in [0.05, 0.1) is 15.7 Å². The summed E-state index contributed by atoms with van der Waals surface area (Å²) in [6.07, 6.45) is 0. The molecule has 2 N–H and O–H groups in total. The first-order valence-electron chi connectivity index (χ1n) is 7.29. The molecule has 8 heteroatoms. The number of aliphatic hydroxyl groups is 1. The van der Waals surface area contributed by atoms with Gasteiger partial charge in [-0.3, -0.25) is 0 Å². The van der Waals surface area contributed by atoms with Crippen LogP contribution in [-0.2, 0) is 16.5 Å². The second kappa shape index (κ2) is 6.70. The topological polar surface area (TPSA) is 49.3 Å².